The maximum Gasteiger partial charge on any atom is 0.313 e. The lowest BCUT2D eigenvalue weighted by Crippen LogP contribution is -2.00. The minimum atomic E-state index is -1.06. The summed E-state index contributed by atoms with van der Waals surface area (Å²) in [6.07, 6.45) is 0. The van der Waals surface area contributed by atoms with Crippen LogP contribution in [0.2, 0.25) is 0 Å². The van der Waals surface area contributed by atoms with Gasteiger partial charge in [-0.2, -0.15) is 0 Å². The highest BCUT2D eigenvalue weighted by molar-refractivity contribution is 8.00. The standard InChI is InChI=1S/C10H9NO5S/c1-6(12)7-2-3-9(17-5-10(13)14)8(4-7)11(15)16/h2-4H,5H2,1H3,(H,13,14). The number of nitro benzene ring substituents is 1. The van der Waals surface area contributed by atoms with Crippen LogP contribution in [0.15, 0.2) is 23.1 Å². The van der Waals surface area contributed by atoms with Gasteiger partial charge in [0.1, 0.15) is 0 Å². The van der Waals surface area contributed by atoms with Gasteiger partial charge in [0.2, 0.25) is 0 Å². The lowest BCUT2D eigenvalue weighted by atomic mass is 10.1. The molecule has 0 aromatic heterocycles. The van der Waals surface area contributed by atoms with Crippen LogP contribution in [0.4, 0.5) is 5.69 Å². The van der Waals surface area contributed by atoms with E-state index in [0.29, 0.717) is 0 Å². The SMILES string of the molecule is CC(=O)c1ccc(SCC(=O)O)c([N+](=O)[O-])c1. The molecule has 0 saturated carbocycles. The number of benzene rings is 1. The molecule has 0 radical (unpaired) electrons. The highest BCUT2D eigenvalue weighted by atomic mass is 32.2. The zero-order chi connectivity index (χ0) is 13.0. The van der Waals surface area contributed by atoms with E-state index >= 15 is 0 Å². The summed E-state index contributed by atoms with van der Waals surface area (Å²) in [5.74, 6) is -1.59. The molecule has 0 aliphatic heterocycles. The molecule has 1 aromatic rings. The zero-order valence-electron chi connectivity index (χ0n) is 8.87. The number of ketones is 1. The van der Waals surface area contributed by atoms with Gasteiger partial charge in [0.05, 0.1) is 15.6 Å². The number of rotatable bonds is 5. The molecule has 17 heavy (non-hydrogen) atoms. The van der Waals surface area contributed by atoms with Crippen LogP contribution in [0.5, 0.6) is 0 Å². The van der Waals surface area contributed by atoms with E-state index in [1.807, 2.05) is 0 Å². The van der Waals surface area contributed by atoms with Gasteiger partial charge < -0.3 is 5.11 Å². The highest BCUT2D eigenvalue weighted by Crippen LogP contribution is 2.30. The molecular weight excluding hydrogens is 246 g/mol. The van der Waals surface area contributed by atoms with E-state index in [-0.39, 0.29) is 27.7 Å². The van der Waals surface area contributed by atoms with E-state index in [2.05, 4.69) is 0 Å². The molecule has 90 valence electrons. The van der Waals surface area contributed by atoms with Gasteiger partial charge in [0.15, 0.2) is 5.78 Å². The molecule has 0 atom stereocenters. The Morgan fingerprint density at radius 2 is 2.12 bits per heavy atom. The molecule has 1 aromatic carbocycles. The first-order valence-electron chi connectivity index (χ1n) is 4.55. The number of nitrogens with zero attached hydrogens (tertiary/aromatic N) is 1. The van der Waals surface area contributed by atoms with Crippen molar-refractivity contribution in [1.82, 2.24) is 0 Å². The van der Waals surface area contributed by atoms with Crippen molar-refractivity contribution in [3.63, 3.8) is 0 Å². The monoisotopic (exact) mass is 255 g/mol. The van der Waals surface area contributed by atoms with Crippen LogP contribution in [0.25, 0.3) is 0 Å². The number of hydrogen-bond donors (Lipinski definition) is 1. The lowest BCUT2D eigenvalue weighted by Gasteiger charge is -2.02. The molecular formula is C10H9NO5S. The van der Waals surface area contributed by atoms with E-state index in [1.54, 1.807) is 0 Å². The fourth-order valence-electron chi connectivity index (χ4n) is 1.14. The van der Waals surface area contributed by atoms with Gasteiger partial charge in [0, 0.05) is 11.6 Å². The van der Waals surface area contributed by atoms with Crippen LogP contribution in [0.1, 0.15) is 17.3 Å². The van der Waals surface area contributed by atoms with Crippen LogP contribution < -0.4 is 0 Å². The fourth-order valence-corrected chi connectivity index (χ4v) is 1.87. The molecule has 1 rings (SSSR count). The van der Waals surface area contributed by atoms with Crippen molar-refractivity contribution in [3.8, 4) is 0 Å². The van der Waals surface area contributed by atoms with Gasteiger partial charge >= 0.3 is 5.97 Å². The minimum Gasteiger partial charge on any atom is -0.481 e. The number of aliphatic carboxylic acids is 1. The maximum absolute atomic E-state index is 11.1. The van der Waals surface area contributed by atoms with Crippen molar-refractivity contribution >= 4 is 29.2 Å². The first kappa shape index (κ1) is 13.2. The molecule has 1 N–H and O–H groups in total. The topological polar surface area (TPSA) is 97.5 Å². The first-order chi connectivity index (χ1) is 7.91. The quantitative estimate of drug-likeness (QED) is 0.374. The smallest absolute Gasteiger partial charge is 0.313 e. The van der Waals surface area contributed by atoms with Crippen molar-refractivity contribution in [2.75, 3.05) is 5.75 Å². The number of hydrogen-bond acceptors (Lipinski definition) is 5. The van der Waals surface area contributed by atoms with Gasteiger partial charge in [-0.05, 0) is 19.1 Å². The minimum absolute atomic E-state index is 0.233. The number of nitro groups is 1. The molecule has 6 nitrogen and oxygen atoms in total. The number of Topliss-reactive ketones (excluding diaryl/α,β-unsaturated/α-hetero) is 1. The first-order valence-corrected chi connectivity index (χ1v) is 5.54. The lowest BCUT2D eigenvalue weighted by molar-refractivity contribution is -0.387. The number of carbonyl (C=O) groups is 2. The fraction of sp³-hybridized carbons (Fsp3) is 0.200. The van der Waals surface area contributed by atoms with Crippen LogP contribution in [-0.4, -0.2) is 27.5 Å². The summed E-state index contributed by atoms with van der Waals surface area (Å²) in [4.78, 5) is 31.8. The number of carboxylic acid groups (broad SMARTS) is 1. The van der Waals surface area contributed by atoms with Crippen LogP contribution >= 0.6 is 11.8 Å². The number of carbonyl (C=O) groups excluding carboxylic acids is 1. The van der Waals surface area contributed by atoms with Gasteiger partial charge in [-0.25, -0.2) is 0 Å². The largest absolute Gasteiger partial charge is 0.481 e. The Labute approximate surface area is 101 Å². The van der Waals surface area contributed by atoms with Crippen LogP contribution in [0.3, 0.4) is 0 Å². The predicted molar refractivity (Wildman–Crippen MR) is 61.5 cm³/mol. The molecule has 0 saturated heterocycles. The van der Waals surface area contributed by atoms with Crippen molar-refractivity contribution in [1.29, 1.82) is 0 Å². The van der Waals surface area contributed by atoms with Gasteiger partial charge in [-0.3, -0.25) is 19.7 Å². The molecule has 0 aliphatic carbocycles. The number of carboxylic acids is 1. The summed E-state index contributed by atoms with van der Waals surface area (Å²) in [6, 6.07) is 3.99. The summed E-state index contributed by atoms with van der Waals surface area (Å²) in [6.45, 7) is 1.31. The van der Waals surface area contributed by atoms with Crippen LogP contribution in [-0.2, 0) is 4.79 Å². The van der Waals surface area contributed by atoms with E-state index in [0.717, 1.165) is 17.8 Å². The second kappa shape index (κ2) is 5.44. The molecule has 0 spiro atoms. The third kappa shape index (κ3) is 3.56. The second-order valence-electron chi connectivity index (χ2n) is 3.18. The van der Waals surface area contributed by atoms with Gasteiger partial charge in [-0.1, -0.05) is 0 Å². The van der Waals surface area contributed by atoms with E-state index < -0.39 is 10.9 Å². The average Bonchev–Trinajstić information content (AvgIpc) is 2.25. The summed E-state index contributed by atoms with van der Waals surface area (Å²) in [5.41, 5.74) is -0.0136. The van der Waals surface area contributed by atoms with Crippen molar-refractivity contribution in [2.45, 2.75) is 11.8 Å². The maximum atomic E-state index is 11.1. The summed E-state index contributed by atoms with van der Waals surface area (Å²) < 4.78 is 0. The van der Waals surface area contributed by atoms with E-state index in [4.69, 9.17) is 5.11 Å². The van der Waals surface area contributed by atoms with Crippen molar-refractivity contribution in [3.05, 3.63) is 33.9 Å². The highest BCUT2D eigenvalue weighted by Gasteiger charge is 2.17. The zero-order valence-corrected chi connectivity index (χ0v) is 9.69. The van der Waals surface area contributed by atoms with Crippen LogP contribution in [0, 0.1) is 10.1 Å². The molecule has 0 bridgehead atoms. The molecule has 0 unspecified atom stereocenters. The third-order valence-corrected chi connectivity index (χ3v) is 2.96. The summed E-state index contributed by atoms with van der Waals surface area (Å²) in [7, 11) is 0. The molecule has 0 amide bonds. The van der Waals surface area contributed by atoms with Gasteiger partial charge in [0.25, 0.3) is 5.69 Å². The molecule has 0 aliphatic rings. The average molecular weight is 255 g/mol. The Balaban J connectivity index is 3.08. The predicted octanol–water partition coefficient (Wildman–Crippen LogP) is 1.97. The number of thioether (sulfide) groups is 1. The third-order valence-electron chi connectivity index (χ3n) is 1.91. The van der Waals surface area contributed by atoms with Gasteiger partial charge in [-0.15, -0.1) is 11.8 Å². The Morgan fingerprint density at radius 1 is 1.47 bits per heavy atom. The van der Waals surface area contributed by atoms with E-state index in [9.17, 15) is 19.7 Å². The molecule has 0 fully saturated rings. The molecule has 0 heterocycles. The Hall–Kier alpha value is -1.89. The van der Waals surface area contributed by atoms with Crippen molar-refractivity contribution < 1.29 is 19.6 Å². The Morgan fingerprint density at radius 3 is 2.59 bits per heavy atom. The normalized spacial score (nSPS) is 9.94. The summed E-state index contributed by atoms with van der Waals surface area (Å²) in [5, 5.41) is 19.3. The summed E-state index contributed by atoms with van der Waals surface area (Å²) >= 11 is 0.851. The molecule has 7 heteroatoms. The Bertz CT molecular complexity index is 486. The second-order valence-corrected chi connectivity index (χ2v) is 4.20. The Kier molecular flexibility index (Phi) is 4.22. The van der Waals surface area contributed by atoms with E-state index in [1.165, 1.54) is 19.1 Å². The van der Waals surface area contributed by atoms with Crippen molar-refractivity contribution in [2.24, 2.45) is 0 Å².